The van der Waals surface area contributed by atoms with Gasteiger partial charge in [0, 0.05) is 18.6 Å². The molecule has 0 radical (unpaired) electrons. The second-order valence-corrected chi connectivity index (χ2v) is 6.08. The first kappa shape index (κ1) is 16.1. The zero-order valence-corrected chi connectivity index (χ0v) is 13.6. The number of nitrogens with zero attached hydrogens (tertiary/aromatic N) is 1. The third-order valence-electron chi connectivity index (χ3n) is 4.61. The van der Waals surface area contributed by atoms with Gasteiger partial charge in [-0.25, -0.2) is 0 Å². The third kappa shape index (κ3) is 3.50. The molecule has 118 valence electrons. The van der Waals surface area contributed by atoms with E-state index in [9.17, 15) is 0 Å². The second kappa shape index (κ2) is 7.14. The van der Waals surface area contributed by atoms with Crippen molar-refractivity contribution in [3.8, 4) is 11.5 Å². The van der Waals surface area contributed by atoms with Crippen molar-refractivity contribution >= 4 is 0 Å². The molecule has 0 bridgehead atoms. The Bertz CT molecular complexity index is 464. The van der Waals surface area contributed by atoms with Crippen LogP contribution in [0.4, 0.5) is 0 Å². The molecule has 1 aromatic carbocycles. The van der Waals surface area contributed by atoms with Crippen LogP contribution >= 0.6 is 0 Å². The van der Waals surface area contributed by atoms with Crippen LogP contribution < -0.4 is 15.2 Å². The van der Waals surface area contributed by atoms with Gasteiger partial charge in [0.25, 0.3) is 0 Å². The minimum atomic E-state index is 0.243. The van der Waals surface area contributed by atoms with Crippen LogP contribution in [-0.2, 0) is 0 Å². The Morgan fingerprint density at radius 2 is 1.95 bits per heavy atom. The van der Waals surface area contributed by atoms with Gasteiger partial charge in [-0.2, -0.15) is 0 Å². The Balaban J connectivity index is 2.24. The van der Waals surface area contributed by atoms with Crippen molar-refractivity contribution in [3.63, 3.8) is 0 Å². The topological polar surface area (TPSA) is 47.7 Å². The van der Waals surface area contributed by atoms with E-state index < -0.39 is 0 Å². The summed E-state index contributed by atoms with van der Waals surface area (Å²) in [7, 11) is 3.33. The Labute approximate surface area is 128 Å². The summed E-state index contributed by atoms with van der Waals surface area (Å²) in [5.41, 5.74) is 7.29. The molecule has 2 N–H and O–H groups in total. The molecule has 1 saturated heterocycles. The molecule has 4 nitrogen and oxygen atoms in total. The molecule has 0 saturated carbocycles. The fraction of sp³-hybridized carbons (Fsp3) is 0.647. The molecule has 0 aliphatic carbocycles. The lowest BCUT2D eigenvalue weighted by Crippen LogP contribution is -2.44. The van der Waals surface area contributed by atoms with E-state index >= 15 is 0 Å². The van der Waals surface area contributed by atoms with E-state index in [0.29, 0.717) is 12.6 Å². The molecule has 0 spiro atoms. The Kier molecular flexibility index (Phi) is 5.48. The summed E-state index contributed by atoms with van der Waals surface area (Å²) in [6.45, 7) is 6.37. The van der Waals surface area contributed by atoms with Crippen molar-refractivity contribution in [2.75, 3.05) is 27.3 Å². The first-order chi connectivity index (χ1) is 10.1. The highest BCUT2D eigenvalue weighted by atomic mass is 16.5. The minimum absolute atomic E-state index is 0.243. The Morgan fingerprint density at radius 3 is 2.52 bits per heavy atom. The zero-order valence-electron chi connectivity index (χ0n) is 13.6. The molecule has 3 atom stereocenters. The largest absolute Gasteiger partial charge is 0.493 e. The van der Waals surface area contributed by atoms with Crippen LogP contribution in [0.25, 0.3) is 0 Å². The summed E-state index contributed by atoms with van der Waals surface area (Å²) in [6.07, 6.45) is 2.48. The average Bonchev–Trinajstić information content (AvgIpc) is 2.49. The van der Waals surface area contributed by atoms with Gasteiger partial charge in [0.1, 0.15) is 0 Å². The number of hydrogen-bond acceptors (Lipinski definition) is 4. The molecule has 1 aromatic rings. The molecule has 0 amide bonds. The van der Waals surface area contributed by atoms with Crippen LogP contribution in [0.1, 0.15) is 38.3 Å². The normalized spacial score (nSPS) is 24.6. The molecular weight excluding hydrogens is 264 g/mol. The molecule has 0 aromatic heterocycles. The van der Waals surface area contributed by atoms with Crippen molar-refractivity contribution in [1.29, 1.82) is 0 Å². The predicted molar refractivity (Wildman–Crippen MR) is 85.9 cm³/mol. The van der Waals surface area contributed by atoms with E-state index in [1.165, 1.54) is 18.4 Å². The number of nitrogens with two attached hydrogens (primary N) is 1. The number of piperidine rings is 1. The SMILES string of the molecule is COc1ccc(C(CN)N2CCC(C)CC2C)cc1OC. The zero-order chi connectivity index (χ0) is 15.4. The van der Waals surface area contributed by atoms with Crippen LogP contribution in [0.5, 0.6) is 11.5 Å². The third-order valence-corrected chi connectivity index (χ3v) is 4.61. The van der Waals surface area contributed by atoms with Crippen molar-refractivity contribution in [2.45, 2.75) is 38.8 Å². The van der Waals surface area contributed by atoms with Gasteiger partial charge < -0.3 is 15.2 Å². The lowest BCUT2D eigenvalue weighted by molar-refractivity contribution is 0.0846. The first-order valence-corrected chi connectivity index (χ1v) is 7.78. The standard InChI is InChI=1S/C17H28N2O2/c1-12-7-8-19(13(2)9-12)15(11-18)14-5-6-16(20-3)17(10-14)21-4/h5-6,10,12-13,15H,7-9,11,18H2,1-4H3. The molecule has 1 heterocycles. The monoisotopic (exact) mass is 292 g/mol. The molecule has 3 unspecified atom stereocenters. The van der Waals surface area contributed by atoms with Gasteiger partial charge in [-0.15, -0.1) is 0 Å². The highest BCUT2D eigenvalue weighted by molar-refractivity contribution is 5.44. The summed E-state index contributed by atoms with van der Waals surface area (Å²) in [6, 6.07) is 6.93. The van der Waals surface area contributed by atoms with Crippen LogP contribution in [0.15, 0.2) is 18.2 Å². The maximum absolute atomic E-state index is 6.08. The van der Waals surface area contributed by atoms with Crippen molar-refractivity contribution < 1.29 is 9.47 Å². The highest BCUT2D eigenvalue weighted by Crippen LogP contribution is 2.34. The maximum Gasteiger partial charge on any atom is 0.161 e. The minimum Gasteiger partial charge on any atom is -0.493 e. The molecular formula is C17H28N2O2. The van der Waals surface area contributed by atoms with Gasteiger partial charge in [0.15, 0.2) is 11.5 Å². The van der Waals surface area contributed by atoms with Crippen LogP contribution in [0.2, 0.25) is 0 Å². The number of ether oxygens (including phenoxy) is 2. The Hall–Kier alpha value is -1.26. The molecule has 2 rings (SSSR count). The number of benzene rings is 1. The first-order valence-electron chi connectivity index (χ1n) is 7.78. The smallest absolute Gasteiger partial charge is 0.161 e. The average molecular weight is 292 g/mol. The Morgan fingerprint density at radius 1 is 1.24 bits per heavy atom. The van der Waals surface area contributed by atoms with Gasteiger partial charge in [-0.05, 0) is 49.9 Å². The molecule has 1 fully saturated rings. The van der Waals surface area contributed by atoms with Crippen molar-refractivity contribution in [1.82, 2.24) is 4.90 Å². The summed E-state index contributed by atoms with van der Waals surface area (Å²) in [5.74, 6) is 2.34. The van der Waals surface area contributed by atoms with Gasteiger partial charge in [-0.3, -0.25) is 4.90 Å². The number of rotatable bonds is 5. The molecule has 1 aliphatic rings. The fourth-order valence-electron chi connectivity index (χ4n) is 3.41. The van der Waals surface area contributed by atoms with E-state index in [-0.39, 0.29) is 6.04 Å². The quantitative estimate of drug-likeness (QED) is 0.906. The number of methoxy groups -OCH3 is 2. The van der Waals surface area contributed by atoms with Crippen LogP contribution in [0, 0.1) is 5.92 Å². The van der Waals surface area contributed by atoms with E-state index in [1.54, 1.807) is 14.2 Å². The summed E-state index contributed by atoms with van der Waals surface area (Å²) in [4.78, 5) is 2.53. The van der Waals surface area contributed by atoms with Crippen LogP contribution in [0.3, 0.4) is 0 Å². The van der Waals surface area contributed by atoms with Gasteiger partial charge >= 0.3 is 0 Å². The van der Waals surface area contributed by atoms with E-state index in [2.05, 4.69) is 30.9 Å². The molecule has 1 aliphatic heterocycles. The summed E-state index contributed by atoms with van der Waals surface area (Å²) in [5, 5.41) is 0. The van der Waals surface area contributed by atoms with Crippen molar-refractivity contribution in [2.24, 2.45) is 11.7 Å². The fourth-order valence-corrected chi connectivity index (χ4v) is 3.41. The van der Waals surface area contributed by atoms with E-state index in [4.69, 9.17) is 15.2 Å². The van der Waals surface area contributed by atoms with Crippen molar-refractivity contribution in [3.05, 3.63) is 23.8 Å². The van der Waals surface area contributed by atoms with E-state index in [1.807, 2.05) is 6.07 Å². The number of hydrogen-bond donors (Lipinski definition) is 1. The second-order valence-electron chi connectivity index (χ2n) is 6.08. The summed E-state index contributed by atoms with van der Waals surface area (Å²) < 4.78 is 10.7. The molecule has 4 heteroatoms. The lowest BCUT2D eigenvalue weighted by atomic mass is 9.90. The summed E-state index contributed by atoms with van der Waals surface area (Å²) >= 11 is 0. The predicted octanol–water partition coefficient (Wildman–Crippen LogP) is 2.82. The van der Waals surface area contributed by atoms with Gasteiger partial charge in [0.05, 0.1) is 14.2 Å². The van der Waals surface area contributed by atoms with Gasteiger partial charge in [-0.1, -0.05) is 13.0 Å². The van der Waals surface area contributed by atoms with Gasteiger partial charge in [0.2, 0.25) is 0 Å². The maximum atomic E-state index is 6.08. The highest BCUT2D eigenvalue weighted by Gasteiger charge is 2.29. The number of likely N-dealkylation sites (tertiary alicyclic amines) is 1. The van der Waals surface area contributed by atoms with Crippen LogP contribution in [-0.4, -0.2) is 38.3 Å². The van der Waals surface area contributed by atoms with E-state index in [0.717, 1.165) is 24.0 Å². The molecule has 21 heavy (non-hydrogen) atoms. The lowest BCUT2D eigenvalue weighted by Gasteiger charge is -2.41.